The molecule has 0 saturated heterocycles. The van der Waals surface area contributed by atoms with Crippen LogP contribution in [-0.2, 0) is 6.42 Å². The Morgan fingerprint density at radius 2 is 2.04 bits per heavy atom. The maximum atomic E-state index is 6.33. The Morgan fingerprint density at radius 3 is 2.83 bits per heavy atom. The summed E-state index contributed by atoms with van der Waals surface area (Å²) in [4.78, 5) is 13.0. The van der Waals surface area contributed by atoms with Gasteiger partial charge in [0.1, 0.15) is 11.5 Å². The number of aromatic nitrogens is 3. The number of pyridine rings is 1. The van der Waals surface area contributed by atoms with E-state index in [1.54, 1.807) is 6.33 Å². The van der Waals surface area contributed by atoms with E-state index in [1.807, 2.05) is 43.3 Å². The summed E-state index contributed by atoms with van der Waals surface area (Å²) in [6.07, 6.45) is 4.50. The summed E-state index contributed by atoms with van der Waals surface area (Å²) in [7, 11) is 0. The average molecular weight is 389 g/mol. The molecule has 0 spiro atoms. The SMILES string of the molecule is CCc1cc(C(C)=Cc2cc3cc(Br)ccc3nc2Cl)ncn1. The van der Waals surface area contributed by atoms with Crippen molar-refractivity contribution in [2.75, 3.05) is 0 Å². The van der Waals surface area contributed by atoms with Crippen LogP contribution in [0, 0.1) is 0 Å². The van der Waals surface area contributed by atoms with Crippen LogP contribution in [0.3, 0.4) is 0 Å². The van der Waals surface area contributed by atoms with E-state index in [4.69, 9.17) is 11.6 Å². The second kappa shape index (κ2) is 6.77. The Hall–Kier alpha value is -1.78. The van der Waals surface area contributed by atoms with Gasteiger partial charge in [-0.25, -0.2) is 15.0 Å². The molecule has 3 nitrogen and oxygen atoms in total. The fourth-order valence-corrected chi connectivity index (χ4v) is 2.93. The predicted molar refractivity (Wildman–Crippen MR) is 99.4 cm³/mol. The number of hydrogen-bond acceptors (Lipinski definition) is 3. The monoisotopic (exact) mass is 387 g/mol. The molecule has 0 bridgehead atoms. The van der Waals surface area contributed by atoms with Crippen molar-refractivity contribution in [2.45, 2.75) is 20.3 Å². The van der Waals surface area contributed by atoms with Gasteiger partial charge < -0.3 is 0 Å². The second-order valence-electron chi connectivity index (χ2n) is 5.28. The van der Waals surface area contributed by atoms with E-state index < -0.39 is 0 Å². The molecule has 0 fully saturated rings. The van der Waals surface area contributed by atoms with Crippen molar-refractivity contribution in [2.24, 2.45) is 0 Å². The first-order valence-corrected chi connectivity index (χ1v) is 8.49. The quantitative estimate of drug-likeness (QED) is 0.551. The lowest BCUT2D eigenvalue weighted by molar-refractivity contribution is 0.989. The Bertz CT molecular complexity index is 906. The van der Waals surface area contributed by atoms with Gasteiger partial charge in [-0.15, -0.1) is 0 Å². The minimum Gasteiger partial charge on any atom is -0.241 e. The minimum absolute atomic E-state index is 0.490. The average Bonchev–Trinajstić information content (AvgIpc) is 2.56. The summed E-state index contributed by atoms with van der Waals surface area (Å²) < 4.78 is 1.02. The standard InChI is InChI=1S/C18H15BrClN3/c1-3-15-9-17(22-10-21-15)11(2)6-13-7-12-8-14(19)4-5-16(12)23-18(13)20/h4-10H,3H2,1-2H3. The number of benzene rings is 1. The fraction of sp³-hybridized carbons (Fsp3) is 0.167. The molecule has 0 aliphatic heterocycles. The molecule has 3 aromatic rings. The molecule has 116 valence electrons. The molecule has 2 aromatic heterocycles. The summed E-state index contributed by atoms with van der Waals surface area (Å²) in [5.74, 6) is 0. The summed E-state index contributed by atoms with van der Waals surface area (Å²) in [5, 5.41) is 1.53. The lowest BCUT2D eigenvalue weighted by atomic mass is 10.1. The predicted octanol–water partition coefficient (Wildman–Crippen LogP) is 5.56. The molecule has 0 saturated carbocycles. The molecule has 0 N–H and O–H groups in total. The van der Waals surface area contributed by atoms with Gasteiger partial charge in [0.25, 0.3) is 0 Å². The molecule has 1 aromatic carbocycles. The van der Waals surface area contributed by atoms with Crippen molar-refractivity contribution in [1.82, 2.24) is 15.0 Å². The third-order valence-corrected chi connectivity index (χ3v) is 4.42. The Labute approximate surface area is 148 Å². The minimum atomic E-state index is 0.490. The Kier molecular flexibility index (Phi) is 4.74. The molecule has 0 radical (unpaired) electrons. The van der Waals surface area contributed by atoms with Crippen molar-refractivity contribution in [1.29, 1.82) is 0 Å². The van der Waals surface area contributed by atoms with Crippen LogP contribution in [0.25, 0.3) is 22.6 Å². The molecular formula is C18H15BrClN3. The highest BCUT2D eigenvalue weighted by Crippen LogP contribution is 2.26. The van der Waals surface area contributed by atoms with Crippen molar-refractivity contribution in [3.63, 3.8) is 0 Å². The molecule has 5 heteroatoms. The van der Waals surface area contributed by atoms with Crippen LogP contribution in [0.5, 0.6) is 0 Å². The number of rotatable bonds is 3. The lowest BCUT2D eigenvalue weighted by Crippen LogP contribution is -1.93. The van der Waals surface area contributed by atoms with Crippen LogP contribution in [-0.4, -0.2) is 15.0 Å². The van der Waals surface area contributed by atoms with Crippen LogP contribution in [0.1, 0.15) is 30.8 Å². The van der Waals surface area contributed by atoms with E-state index in [2.05, 4.69) is 37.8 Å². The maximum Gasteiger partial charge on any atom is 0.137 e. The van der Waals surface area contributed by atoms with Gasteiger partial charge in [0.15, 0.2) is 0 Å². The first kappa shape index (κ1) is 16.1. The van der Waals surface area contributed by atoms with Gasteiger partial charge in [-0.3, -0.25) is 0 Å². The number of halogens is 2. The van der Waals surface area contributed by atoms with Crippen LogP contribution in [0.2, 0.25) is 5.15 Å². The highest BCUT2D eigenvalue weighted by Gasteiger charge is 2.06. The van der Waals surface area contributed by atoms with Crippen molar-refractivity contribution < 1.29 is 0 Å². The summed E-state index contributed by atoms with van der Waals surface area (Å²) in [6.45, 7) is 4.09. The molecule has 3 rings (SSSR count). The maximum absolute atomic E-state index is 6.33. The van der Waals surface area contributed by atoms with Gasteiger partial charge in [-0.2, -0.15) is 0 Å². The van der Waals surface area contributed by atoms with E-state index >= 15 is 0 Å². The first-order chi connectivity index (χ1) is 11.1. The van der Waals surface area contributed by atoms with E-state index in [-0.39, 0.29) is 0 Å². The molecule has 0 aliphatic carbocycles. The van der Waals surface area contributed by atoms with Gasteiger partial charge in [0.05, 0.1) is 11.2 Å². The molecule has 0 aliphatic rings. The summed E-state index contributed by atoms with van der Waals surface area (Å²) in [6, 6.07) is 9.99. The largest absolute Gasteiger partial charge is 0.241 e. The van der Waals surface area contributed by atoms with Crippen LogP contribution < -0.4 is 0 Å². The molecule has 2 heterocycles. The van der Waals surface area contributed by atoms with Crippen LogP contribution >= 0.6 is 27.5 Å². The van der Waals surface area contributed by atoms with Crippen molar-refractivity contribution >= 4 is 50.1 Å². The molecule has 0 amide bonds. The zero-order valence-corrected chi connectivity index (χ0v) is 15.2. The number of hydrogen-bond donors (Lipinski definition) is 0. The molecule has 0 unspecified atom stereocenters. The normalized spacial score (nSPS) is 11.9. The Balaban J connectivity index is 2.06. The number of nitrogens with zero attached hydrogens (tertiary/aromatic N) is 3. The highest BCUT2D eigenvalue weighted by molar-refractivity contribution is 9.10. The van der Waals surface area contributed by atoms with Gasteiger partial charge in [-0.05, 0) is 55.3 Å². The molecular weight excluding hydrogens is 374 g/mol. The smallest absolute Gasteiger partial charge is 0.137 e. The fourth-order valence-electron chi connectivity index (χ4n) is 2.36. The third-order valence-electron chi connectivity index (χ3n) is 3.62. The topological polar surface area (TPSA) is 38.7 Å². The third kappa shape index (κ3) is 3.59. The summed E-state index contributed by atoms with van der Waals surface area (Å²) in [5.41, 5.74) is 4.71. The van der Waals surface area contributed by atoms with Gasteiger partial charge >= 0.3 is 0 Å². The molecule has 23 heavy (non-hydrogen) atoms. The van der Waals surface area contributed by atoms with Crippen LogP contribution in [0.15, 0.2) is 41.1 Å². The van der Waals surface area contributed by atoms with Crippen molar-refractivity contribution in [3.05, 3.63) is 63.2 Å². The van der Waals surface area contributed by atoms with E-state index in [1.165, 1.54) is 0 Å². The number of fused-ring (bicyclic) bond motifs is 1. The van der Waals surface area contributed by atoms with Crippen molar-refractivity contribution in [3.8, 4) is 0 Å². The van der Waals surface area contributed by atoms with E-state index in [9.17, 15) is 0 Å². The van der Waals surface area contributed by atoms with Crippen LogP contribution in [0.4, 0.5) is 0 Å². The van der Waals surface area contributed by atoms with Gasteiger partial charge in [0, 0.05) is 21.1 Å². The zero-order chi connectivity index (χ0) is 16.4. The lowest BCUT2D eigenvalue weighted by Gasteiger charge is -2.06. The number of allylic oxidation sites excluding steroid dienone is 1. The zero-order valence-electron chi connectivity index (χ0n) is 12.8. The first-order valence-electron chi connectivity index (χ1n) is 7.32. The van der Waals surface area contributed by atoms with E-state index in [0.29, 0.717) is 5.15 Å². The number of aryl methyl sites for hydroxylation is 1. The Morgan fingerprint density at radius 1 is 1.22 bits per heavy atom. The highest BCUT2D eigenvalue weighted by atomic mass is 79.9. The second-order valence-corrected chi connectivity index (χ2v) is 6.55. The van der Waals surface area contributed by atoms with E-state index in [0.717, 1.165) is 44.3 Å². The molecule has 0 atom stereocenters. The summed E-state index contributed by atoms with van der Waals surface area (Å²) >= 11 is 9.82. The van der Waals surface area contributed by atoms with Gasteiger partial charge in [0.2, 0.25) is 0 Å². The van der Waals surface area contributed by atoms with Gasteiger partial charge in [-0.1, -0.05) is 34.5 Å².